The maximum Gasteiger partial charge on any atom is 0.142 e. The minimum Gasteiger partial charge on any atom is -0.373 e. The number of Topliss-reactive ketones (excluding diaryl/α,β-unsaturated/α-hetero) is 2. The largest absolute Gasteiger partial charge is 0.373 e. The summed E-state index contributed by atoms with van der Waals surface area (Å²) >= 11 is 0. The first-order valence-electron chi connectivity index (χ1n) is 12.2. The standard InChI is InChI=1S/C26H46O3/c1-15(2)11-19(12-16(3)4)25(27)23-21-9-10-22(29-21)24(23)26(28)20(13-17(5)6)14-18(7)8/h15-24H,9-14H2,1-8H3/t21-,22+,23-,24-/m0/s1. The van der Waals surface area contributed by atoms with E-state index in [9.17, 15) is 9.59 Å². The molecule has 29 heavy (non-hydrogen) atoms. The normalized spacial score (nSPS) is 26.8. The van der Waals surface area contributed by atoms with Gasteiger partial charge in [0.2, 0.25) is 0 Å². The number of hydrogen-bond acceptors (Lipinski definition) is 3. The zero-order valence-corrected chi connectivity index (χ0v) is 20.2. The highest BCUT2D eigenvalue weighted by molar-refractivity contribution is 5.93. The first kappa shape index (κ1) is 24.6. The van der Waals surface area contributed by atoms with Crippen molar-refractivity contribution in [2.75, 3.05) is 0 Å². The minimum atomic E-state index is -0.203. The van der Waals surface area contributed by atoms with Crippen molar-refractivity contribution in [2.24, 2.45) is 47.3 Å². The van der Waals surface area contributed by atoms with Crippen LogP contribution >= 0.6 is 0 Å². The van der Waals surface area contributed by atoms with Gasteiger partial charge in [0.1, 0.15) is 11.6 Å². The molecule has 0 radical (unpaired) electrons. The summed E-state index contributed by atoms with van der Waals surface area (Å²) in [4.78, 5) is 27.5. The van der Waals surface area contributed by atoms with Gasteiger partial charge in [0.15, 0.2) is 0 Å². The summed E-state index contributed by atoms with van der Waals surface area (Å²) in [5, 5.41) is 0. The van der Waals surface area contributed by atoms with E-state index < -0.39 is 0 Å². The summed E-state index contributed by atoms with van der Waals surface area (Å²) in [6.07, 6.45) is 5.53. The Morgan fingerprint density at radius 1 is 0.621 bits per heavy atom. The van der Waals surface area contributed by atoms with Gasteiger partial charge < -0.3 is 4.74 Å². The van der Waals surface area contributed by atoms with Gasteiger partial charge in [-0.2, -0.15) is 0 Å². The maximum atomic E-state index is 13.8. The molecule has 2 aliphatic heterocycles. The van der Waals surface area contributed by atoms with Crippen molar-refractivity contribution >= 4 is 11.6 Å². The molecule has 2 rings (SSSR count). The van der Waals surface area contributed by atoms with E-state index in [1.54, 1.807) is 0 Å². The number of ketones is 2. The van der Waals surface area contributed by atoms with E-state index in [0.717, 1.165) is 38.5 Å². The number of rotatable bonds is 12. The molecule has 2 aliphatic rings. The smallest absolute Gasteiger partial charge is 0.142 e. The summed E-state index contributed by atoms with van der Waals surface area (Å²) in [5.41, 5.74) is 0. The third kappa shape index (κ3) is 6.39. The predicted molar refractivity (Wildman–Crippen MR) is 120 cm³/mol. The molecule has 2 fully saturated rings. The quantitative estimate of drug-likeness (QED) is 0.380. The van der Waals surface area contributed by atoms with Crippen LogP contribution in [-0.4, -0.2) is 23.8 Å². The molecule has 0 unspecified atom stereocenters. The summed E-state index contributed by atoms with van der Waals surface area (Å²) in [5.74, 6) is 2.33. The highest BCUT2D eigenvalue weighted by Gasteiger charge is 2.56. The van der Waals surface area contributed by atoms with Gasteiger partial charge in [0.05, 0.1) is 24.0 Å². The zero-order valence-electron chi connectivity index (χ0n) is 20.2. The number of carbonyl (C=O) groups excluding carboxylic acids is 2. The van der Waals surface area contributed by atoms with Crippen LogP contribution in [0.3, 0.4) is 0 Å². The monoisotopic (exact) mass is 406 g/mol. The Balaban J connectivity index is 2.26. The van der Waals surface area contributed by atoms with Crippen LogP contribution in [0.1, 0.15) is 93.9 Å². The fraction of sp³-hybridized carbons (Fsp3) is 0.923. The fourth-order valence-corrected chi connectivity index (χ4v) is 5.88. The molecule has 4 atom stereocenters. The van der Waals surface area contributed by atoms with Crippen LogP contribution in [0.2, 0.25) is 0 Å². The van der Waals surface area contributed by atoms with Gasteiger partial charge >= 0.3 is 0 Å². The third-order valence-corrected chi connectivity index (χ3v) is 6.76. The number of carbonyl (C=O) groups is 2. The van der Waals surface area contributed by atoms with E-state index in [0.29, 0.717) is 35.2 Å². The average molecular weight is 407 g/mol. The first-order valence-corrected chi connectivity index (χ1v) is 12.2. The van der Waals surface area contributed by atoms with Gasteiger partial charge in [-0.05, 0) is 62.2 Å². The van der Waals surface area contributed by atoms with Crippen molar-refractivity contribution in [2.45, 2.75) is 106 Å². The second-order valence-electron chi connectivity index (χ2n) is 11.6. The van der Waals surface area contributed by atoms with E-state index in [1.165, 1.54) is 0 Å². The number of hydrogen-bond donors (Lipinski definition) is 0. The van der Waals surface area contributed by atoms with Gasteiger partial charge in [-0.1, -0.05) is 55.4 Å². The molecule has 0 aromatic heterocycles. The molecule has 0 saturated carbocycles. The van der Waals surface area contributed by atoms with Crippen molar-refractivity contribution in [1.29, 1.82) is 0 Å². The highest BCUT2D eigenvalue weighted by Crippen LogP contribution is 2.48. The topological polar surface area (TPSA) is 43.4 Å². The lowest BCUT2D eigenvalue weighted by atomic mass is 9.67. The van der Waals surface area contributed by atoms with E-state index in [2.05, 4.69) is 55.4 Å². The molecule has 0 amide bonds. The fourth-order valence-electron chi connectivity index (χ4n) is 5.88. The summed E-state index contributed by atoms with van der Waals surface area (Å²) in [6, 6.07) is 0. The van der Waals surface area contributed by atoms with E-state index in [4.69, 9.17) is 4.74 Å². The van der Waals surface area contributed by atoms with Crippen LogP contribution in [0.5, 0.6) is 0 Å². The van der Waals surface area contributed by atoms with Gasteiger partial charge in [-0.15, -0.1) is 0 Å². The van der Waals surface area contributed by atoms with Crippen molar-refractivity contribution in [3.8, 4) is 0 Å². The molecule has 2 heterocycles. The zero-order chi connectivity index (χ0) is 21.9. The predicted octanol–water partition coefficient (Wildman–Crippen LogP) is 6.34. The molecule has 0 aliphatic carbocycles. The Bertz CT molecular complexity index is 480. The molecule has 2 saturated heterocycles. The van der Waals surface area contributed by atoms with Gasteiger partial charge in [0, 0.05) is 11.8 Å². The molecule has 0 aromatic carbocycles. The van der Waals surface area contributed by atoms with Gasteiger partial charge in [0.25, 0.3) is 0 Å². The second kappa shape index (κ2) is 10.6. The molecule has 3 nitrogen and oxygen atoms in total. The third-order valence-electron chi connectivity index (χ3n) is 6.76. The van der Waals surface area contributed by atoms with Crippen LogP contribution in [-0.2, 0) is 14.3 Å². The number of ether oxygens (including phenoxy) is 1. The van der Waals surface area contributed by atoms with Crippen LogP contribution < -0.4 is 0 Å². The van der Waals surface area contributed by atoms with E-state index in [1.807, 2.05) is 0 Å². The molecular weight excluding hydrogens is 360 g/mol. The van der Waals surface area contributed by atoms with Crippen LogP contribution in [0, 0.1) is 47.3 Å². The number of fused-ring (bicyclic) bond motifs is 2. The van der Waals surface area contributed by atoms with Crippen LogP contribution in [0.25, 0.3) is 0 Å². The minimum absolute atomic E-state index is 0.0259. The van der Waals surface area contributed by atoms with Crippen molar-refractivity contribution in [1.82, 2.24) is 0 Å². The Kier molecular flexibility index (Phi) is 8.94. The van der Waals surface area contributed by atoms with Gasteiger partial charge in [-0.25, -0.2) is 0 Å². The Morgan fingerprint density at radius 3 is 1.14 bits per heavy atom. The molecule has 0 N–H and O–H groups in total. The Morgan fingerprint density at radius 2 is 0.897 bits per heavy atom. The second-order valence-corrected chi connectivity index (χ2v) is 11.6. The lowest BCUT2D eigenvalue weighted by Gasteiger charge is -2.33. The average Bonchev–Trinajstić information content (AvgIpc) is 3.18. The molecule has 0 aromatic rings. The first-order chi connectivity index (χ1) is 13.5. The molecule has 0 spiro atoms. The Labute approximate surface area is 179 Å². The highest BCUT2D eigenvalue weighted by atomic mass is 16.5. The van der Waals surface area contributed by atoms with E-state index >= 15 is 0 Å². The molecular formula is C26H46O3. The van der Waals surface area contributed by atoms with Crippen LogP contribution in [0.4, 0.5) is 0 Å². The summed E-state index contributed by atoms with van der Waals surface area (Å²) in [6.45, 7) is 17.6. The molecule has 168 valence electrons. The van der Waals surface area contributed by atoms with Crippen molar-refractivity contribution in [3.05, 3.63) is 0 Å². The van der Waals surface area contributed by atoms with Crippen molar-refractivity contribution in [3.63, 3.8) is 0 Å². The molecule has 3 heteroatoms. The molecule has 2 bridgehead atoms. The maximum absolute atomic E-state index is 13.8. The Hall–Kier alpha value is -0.700. The lowest BCUT2D eigenvalue weighted by Crippen LogP contribution is -2.43. The van der Waals surface area contributed by atoms with Gasteiger partial charge in [-0.3, -0.25) is 9.59 Å². The summed E-state index contributed by atoms with van der Waals surface area (Å²) < 4.78 is 6.22. The SMILES string of the molecule is CC(C)CC(CC(C)C)C(=O)[C@@H]1[C@@H](C(=O)C(CC(C)C)CC(C)C)[C@H]2CC[C@@H]1O2. The van der Waals surface area contributed by atoms with E-state index in [-0.39, 0.29) is 35.9 Å². The summed E-state index contributed by atoms with van der Waals surface area (Å²) in [7, 11) is 0. The van der Waals surface area contributed by atoms with Crippen LogP contribution in [0.15, 0.2) is 0 Å². The van der Waals surface area contributed by atoms with Crippen molar-refractivity contribution < 1.29 is 14.3 Å². The lowest BCUT2D eigenvalue weighted by molar-refractivity contribution is -0.138.